The minimum atomic E-state index is -3.10. The lowest BCUT2D eigenvalue weighted by molar-refractivity contribution is -0.141. The predicted molar refractivity (Wildman–Crippen MR) is 89.8 cm³/mol. The maximum atomic E-state index is 11.7. The third-order valence-corrected chi connectivity index (χ3v) is 4.50. The van der Waals surface area contributed by atoms with Gasteiger partial charge in [0.05, 0.1) is 18.8 Å². The summed E-state index contributed by atoms with van der Waals surface area (Å²) in [4.78, 5) is 23.1. The molecule has 0 spiro atoms. The molecule has 1 rings (SSSR count). The van der Waals surface area contributed by atoms with Crippen LogP contribution in [0.2, 0.25) is 0 Å². The molecule has 0 aliphatic rings. The van der Waals surface area contributed by atoms with Crippen molar-refractivity contribution >= 4 is 21.7 Å². The second kappa shape index (κ2) is 9.27. The first-order valence-corrected chi connectivity index (χ1v) is 9.58. The van der Waals surface area contributed by atoms with Gasteiger partial charge < -0.3 is 15.2 Å². The molecule has 1 unspecified atom stereocenters. The van der Waals surface area contributed by atoms with Crippen LogP contribution in [0.3, 0.4) is 0 Å². The Hall–Kier alpha value is -2.09. The molecule has 0 saturated heterocycles. The topological polar surface area (TPSA) is 110 Å². The number of nitrogens with one attached hydrogen (secondary N) is 1. The van der Waals surface area contributed by atoms with Crippen molar-refractivity contribution < 1.29 is 27.9 Å². The van der Waals surface area contributed by atoms with Gasteiger partial charge in [-0.1, -0.05) is 18.2 Å². The largest absolute Gasteiger partial charge is 0.496 e. The van der Waals surface area contributed by atoms with E-state index in [1.807, 2.05) is 0 Å². The summed E-state index contributed by atoms with van der Waals surface area (Å²) < 4.78 is 27.2. The number of aliphatic carboxylic acids is 1. The van der Waals surface area contributed by atoms with Crippen LogP contribution in [0.15, 0.2) is 24.3 Å². The van der Waals surface area contributed by atoms with E-state index in [4.69, 9.17) is 4.74 Å². The zero-order chi connectivity index (χ0) is 18.2. The average molecular weight is 357 g/mol. The number of para-hydroxylation sites is 1. The normalized spacial score (nSPS) is 12.4. The molecule has 1 aromatic rings. The Balaban J connectivity index is 2.55. The second-order valence-corrected chi connectivity index (χ2v) is 7.85. The fourth-order valence-electron chi connectivity index (χ4n) is 2.20. The smallest absolute Gasteiger partial charge is 0.308 e. The average Bonchev–Trinajstić information content (AvgIpc) is 2.50. The van der Waals surface area contributed by atoms with Crippen molar-refractivity contribution in [1.82, 2.24) is 5.32 Å². The van der Waals surface area contributed by atoms with Crippen molar-refractivity contribution in [2.75, 3.05) is 25.7 Å². The highest BCUT2D eigenvalue weighted by Crippen LogP contribution is 2.21. The standard InChI is InChI=1S/C16H23NO6S/c1-23-14-7-4-3-6-12(14)10-13(16(19)20)11-17-15(18)8-5-9-24(2,21)22/h3-4,6-7,13H,5,8-11H2,1-2H3,(H,17,18)(H,19,20). The van der Waals surface area contributed by atoms with Gasteiger partial charge in [0.25, 0.3) is 0 Å². The fraction of sp³-hybridized carbons (Fsp3) is 0.500. The Morgan fingerprint density at radius 3 is 2.54 bits per heavy atom. The molecule has 0 aliphatic carbocycles. The van der Waals surface area contributed by atoms with Crippen LogP contribution in [0.5, 0.6) is 5.75 Å². The van der Waals surface area contributed by atoms with E-state index < -0.39 is 21.7 Å². The maximum absolute atomic E-state index is 11.7. The van der Waals surface area contributed by atoms with Crippen LogP contribution in [0.4, 0.5) is 0 Å². The van der Waals surface area contributed by atoms with E-state index in [1.54, 1.807) is 24.3 Å². The summed E-state index contributed by atoms with van der Waals surface area (Å²) >= 11 is 0. The fourth-order valence-corrected chi connectivity index (χ4v) is 2.87. The Bertz CT molecular complexity index is 671. The first-order valence-electron chi connectivity index (χ1n) is 7.52. The number of hydrogen-bond donors (Lipinski definition) is 2. The Morgan fingerprint density at radius 2 is 1.96 bits per heavy atom. The van der Waals surface area contributed by atoms with Crippen LogP contribution < -0.4 is 10.1 Å². The maximum Gasteiger partial charge on any atom is 0.308 e. The molecule has 134 valence electrons. The number of methoxy groups -OCH3 is 1. The van der Waals surface area contributed by atoms with E-state index in [9.17, 15) is 23.1 Å². The SMILES string of the molecule is COc1ccccc1CC(CNC(=O)CCCS(C)(=O)=O)C(=O)O. The molecule has 8 heteroatoms. The number of carboxylic acids is 1. The van der Waals surface area contributed by atoms with Gasteiger partial charge in [-0.15, -0.1) is 0 Å². The molecule has 0 aromatic heterocycles. The molecular formula is C16H23NO6S. The van der Waals surface area contributed by atoms with E-state index >= 15 is 0 Å². The first-order chi connectivity index (χ1) is 11.2. The number of carboxylic acid groups (broad SMARTS) is 1. The lowest BCUT2D eigenvalue weighted by Gasteiger charge is -2.15. The zero-order valence-electron chi connectivity index (χ0n) is 13.8. The molecular weight excluding hydrogens is 334 g/mol. The van der Waals surface area contributed by atoms with Crippen molar-refractivity contribution in [3.8, 4) is 5.75 Å². The summed E-state index contributed by atoms with van der Waals surface area (Å²) in [7, 11) is -1.59. The molecule has 0 aliphatic heterocycles. The van der Waals surface area contributed by atoms with Gasteiger partial charge in [-0.2, -0.15) is 0 Å². The van der Waals surface area contributed by atoms with Crippen LogP contribution in [-0.4, -0.2) is 51.1 Å². The minimum Gasteiger partial charge on any atom is -0.496 e. The summed E-state index contributed by atoms with van der Waals surface area (Å²) in [5.41, 5.74) is 0.749. The first kappa shape index (κ1) is 20.0. The van der Waals surface area contributed by atoms with Crippen LogP contribution >= 0.6 is 0 Å². The Kier molecular flexibility index (Phi) is 7.70. The number of carbonyl (C=O) groups excluding carboxylic acids is 1. The number of sulfone groups is 1. The summed E-state index contributed by atoms with van der Waals surface area (Å²) in [6.07, 6.45) is 1.60. The van der Waals surface area contributed by atoms with E-state index in [2.05, 4.69) is 5.32 Å². The number of amides is 1. The summed E-state index contributed by atoms with van der Waals surface area (Å²) in [5.74, 6) is -1.63. The Morgan fingerprint density at radius 1 is 1.29 bits per heavy atom. The summed E-state index contributed by atoms with van der Waals surface area (Å²) in [6, 6.07) is 7.11. The van der Waals surface area contributed by atoms with Crippen LogP contribution in [0.25, 0.3) is 0 Å². The van der Waals surface area contributed by atoms with Crippen molar-refractivity contribution in [3.63, 3.8) is 0 Å². The van der Waals surface area contributed by atoms with Crippen LogP contribution in [0, 0.1) is 5.92 Å². The quantitative estimate of drug-likeness (QED) is 0.643. The monoisotopic (exact) mass is 357 g/mol. The molecule has 0 saturated carbocycles. The van der Waals surface area contributed by atoms with Crippen molar-refractivity contribution in [2.24, 2.45) is 5.92 Å². The van der Waals surface area contributed by atoms with Crippen molar-refractivity contribution in [1.29, 1.82) is 0 Å². The highest BCUT2D eigenvalue weighted by Gasteiger charge is 2.20. The lowest BCUT2D eigenvalue weighted by atomic mass is 9.98. The molecule has 7 nitrogen and oxygen atoms in total. The molecule has 2 N–H and O–H groups in total. The van der Waals surface area contributed by atoms with Gasteiger partial charge in [-0.05, 0) is 24.5 Å². The number of carbonyl (C=O) groups is 2. The molecule has 0 radical (unpaired) electrons. The van der Waals surface area contributed by atoms with E-state index in [0.717, 1.165) is 11.8 Å². The van der Waals surface area contributed by atoms with E-state index in [0.29, 0.717) is 5.75 Å². The molecule has 1 aromatic carbocycles. The van der Waals surface area contributed by atoms with Gasteiger partial charge in [0, 0.05) is 19.2 Å². The lowest BCUT2D eigenvalue weighted by Crippen LogP contribution is -2.34. The van der Waals surface area contributed by atoms with Gasteiger partial charge >= 0.3 is 5.97 Å². The van der Waals surface area contributed by atoms with Gasteiger partial charge in [0.2, 0.25) is 5.91 Å². The predicted octanol–water partition coefficient (Wildman–Crippen LogP) is 0.880. The minimum absolute atomic E-state index is 0.0227. The van der Waals surface area contributed by atoms with E-state index in [1.165, 1.54) is 7.11 Å². The van der Waals surface area contributed by atoms with E-state index in [-0.39, 0.29) is 37.5 Å². The van der Waals surface area contributed by atoms with Gasteiger partial charge in [-0.25, -0.2) is 8.42 Å². The number of rotatable bonds is 10. The van der Waals surface area contributed by atoms with Crippen LogP contribution in [-0.2, 0) is 25.8 Å². The highest BCUT2D eigenvalue weighted by atomic mass is 32.2. The van der Waals surface area contributed by atoms with Crippen molar-refractivity contribution in [3.05, 3.63) is 29.8 Å². The second-order valence-electron chi connectivity index (χ2n) is 5.59. The molecule has 1 amide bonds. The number of ether oxygens (including phenoxy) is 1. The third kappa shape index (κ3) is 7.45. The summed E-state index contributed by atoms with van der Waals surface area (Å²) in [6.45, 7) is -0.0227. The summed E-state index contributed by atoms with van der Waals surface area (Å²) in [5, 5.41) is 11.9. The number of hydrogen-bond acceptors (Lipinski definition) is 5. The molecule has 1 atom stereocenters. The number of benzene rings is 1. The Labute approximate surface area is 141 Å². The molecule has 0 heterocycles. The molecule has 0 bridgehead atoms. The van der Waals surface area contributed by atoms with Crippen LogP contribution in [0.1, 0.15) is 18.4 Å². The third-order valence-electron chi connectivity index (χ3n) is 3.47. The van der Waals surface area contributed by atoms with Gasteiger partial charge in [-0.3, -0.25) is 9.59 Å². The zero-order valence-corrected chi connectivity index (χ0v) is 14.6. The highest BCUT2D eigenvalue weighted by molar-refractivity contribution is 7.90. The molecule has 24 heavy (non-hydrogen) atoms. The van der Waals surface area contributed by atoms with Gasteiger partial charge in [0.15, 0.2) is 0 Å². The molecule has 0 fully saturated rings. The van der Waals surface area contributed by atoms with Crippen molar-refractivity contribution in [2.45, 2.75) is 19.3 Å². The van der Waals surface area contributed by atoms with Gasteiger partial charge in [0.1, 0.15) is 15.6 Å².